The average molecular weight is 626 g/mol. The Morgan fingerprint density at radius 1 is 0.957 bits per heavy atom. The van der Waals surface area contributed by atoms with Gasteiger partial charge in [-0.1, -0.05) is 0 Å². The van der Waals surface area contributed by atoms with Gasteiger partial charge in [0.1, 0.15) is 12.4 Å². The quantitative estimate of drug-likeness (QED) is 0.275. The van der Waals surface area contributed by atoms with Gasteiger partial charge in [-0.25, -0.2) is 9.37 Å². The molecule has 242 valence electrons. The van der Waals surface area contributed by atoms with Crippen molar-refractivity contribution in [2.75, 3.05) is 56.2 Å². The molecule has 4 aromatic rings. The number of hydrogen-bond acceptors (Lipinski definition) is 7. The van der Waals surface area contributed by atoms with Crippen LogP contribution in [0.4, 0.5) is 16.0 Å². The number of carbonyl (C=O) groups is 1. The second-order valence-electron chi connectivity index (χ2n) is 13.3. The summed E-state index contributed by atoms with van der Waals surface area (Å²) in [5.74, 6) is 1.07. The number of benzene rings is 1. The van der Waals surface area contributed by atoms with Crippen LogP contribution in [0.25, 0.3) is 22.3 Å². The minimum absolute atomic E-state index is 0.222. The molecule has 6 heterocycles. The molecular weight excluding hydrogens is 581 g/mol. The molecule has 2 fully saturated rings. The molecule has 2 saturated heterocycles. The molecular formula is C36H44FN7O2. The highest BCUT2D eigenvalue weighted by atomic mass is 19.1. The second-order valence-corrected chi connectivity index (χ2v) is 13.3. The summed E-state index contributed by atoms with van der Waals surface area (Å²) in [6.45, 7) is 9.78. The number of ether oxygens (including phenoxy) is 1. The lowest BCUT2D eigenvalue weighted by Crippen LogP contribution is -2.47. The van der Waals surface area contributed by atoms with Crippen molar-refractivity contribution in [2.45, 2.75) is 65.3 Å². The van der Waals surface area contributed by atoms with Crippen LogP contribution in [0.3, 0.4) is 0 Å². The fourth-order valence-electron chi connectivity index (χ4n) is 7.56. The molecule has 7 rings (SSSR count). The molecule has 10 heteroatoms. The number of alkyl halides is 1. The number of amides is 1. The van der Waals surface area contributed by atoms with Gasteiger partial charge in [-0.3, -0.25) is 20.1 Å². The van der Waals surface area contributed by atoms with Gasteiger partial charge in [0.25, 0.3) is 5.91 Å². The van der Waals surface area contributed by atoms with E-state index in [2.05, 4.69) is 43.7 Å². The standard InChI is InChI=1S/C36H44FN7O2/c1-25-20-30-32(23-31(25)43-16-9-36(10-17-43)7-14-42(15-8-36)18-11-37)44-13-4-3-5-19-46-33-6-12-38-24-28(33)29-22-27(21-26(2)39-29)34(45)41-35(44)40-30/h6,12,20-24H,3-5,7-11,13-19H2,1-2H3,(H,40,41,45). The van der Waals surface area contributed by atoms with Crippen LogP contribution in [0.2, 0.25) is 0 Å². The van der Waals surface area contributed by atoms with Gasteiger partial charge in [0, 0.05) is 55.5 Å². The molecule has 0 atom stereocenters. The van der Waals surface area contributed by atoms with E-state index in [1.165, 1.54) is 36.9 Å². The molecule has 1 aromatic carbocycles. The molecule has 9 nitrogen and oxygen atoms in total. The van der Waals surface area contributed by atoms with E-state index in [1.54, 1.807) is 24.5 Å². The Hall–Kier alpha value is -4.05. The van der Waals surface area contributed by atoms with Crippen LogP contribution in [0.5, 0.6) is 5.75 Å². The first-order valence-corrected chi connectivity index (χ1v) is 16.8. The number of anilines is 2. The molecule has 1 amide bonds. The van der Waals surface area contributed by atoms with Crippen LogP contribution in [-0.4, -0.2) is 76.3 Å². The first kappa shape index (κ1) is 30.6. The number of nitrogens with one attached hydrogen (secondary N) is 1. The maximum Gasteiger partial charge on any atom is 0.258 e. The first-order chi connectivity index (χ1) is 22.4. The van der Waals surface area contributed by atoms with Crippen LogP contribution in [0.1, 0.15) is 66.6 Å². The molecule has 1 spiro atoms. The molecule has 0 aliphatic carbocycles. The van der Waals surface area contributed by atoms with Gasteiger partial charge in [0.15, 0.2) is 0 Å². The van der Waals surface area contributed by atoms with Crippen molar-refractivity contribution >= 4 is 28.6 Å². The summed E-state index contributed by atoms with van der Waals surface area (Å²) < 4.78 is 21.2. The predicted octanol–water partition coefficient (Wildman–Crippen LogP) is 6.58. The molecule has 3 aliphatic heterocycles. The summed E-state index contributed by atoms with van der Waals surface area (Å²) >= 11 is 0. The summed E-state index contributed by atoms with van der Waals surface area (Å²) in [5, 5.41) is 3.15. The van der Waals surface area contributed by atoms with Gasteiger partial charge in [-0.15, -0.1) is 0 Å². The number of likely N-dealkylation sites (tertiary alicyclic amines) is 1. The zero-order chi connectivity index (χ0) is 31.7. The summed E-state index contributed by atoms with van der Waals surface area (Å²) in [7, 11) is 0. The number of aromatic nitrogens is 4. The molecule has 46 heavy (non-hydrogen) atoms. The number of rotatable bonds is 3. The van der Waals surface area contributed by atoms with E-state index in [0.29, 0.717) is 35.8 Å². The van der Waals surface area contributed by atoms with E-state index in [-0.39, 0.29) is 12.6 Å². The van der Waals surface area contributed by atoms with Gasteiger partial charge in [-0.05, 0) is 113 Å². The molecule has 0 saturated carbocycles. The highest BCUT2D eigenvalue weighted by Crippen LogP contribution is 2.43. The number of hydrogen-bond donors (Lipinski definition) is 1. The van der Waals surface area contributed by atoms with Gasteiger partial charge in [-0.2, -0.15) is 0 Å². The Morgan fingerprint density at radius 2 is 1.76 bits per heavy atom. The van der Waals surface area contributed by atoms with Crippen LogP contribution in [-0.2, 0) is 6.54 Å². The zero-order valence-corrected chi connectivity index (χ0v) is 27.0. The Labute approximate surface area is 270 Å². The third-order valence-electron chi connectivity index (χ3n) is 10.3. The third-order valence-corrected chi connectivity index (χ3v) is 10.3. The number of nitrogens with zero attached hydrogens (tertiary/aromatic N) is 6. The van der Waals surface area contributed by atoms with Gasteiger partial charge in [0.05, 0.1) is 28.9 Å². The average Bonchev–Trinajstić information content (AvgIpc) is 3.38. The van der Waals surface area contributed by atoms with E-state index in [0.717, 1.165) is 80.0 Å². The Bertz CT molecular complexity index is 1720. The minimum Gasteiger partial charge on any atom is -0.493 e. The van der Waals surface area contributed by atoms with Crippen LogP contribution < -0.4 is 15.0 Å². The van der Waals surface area contributed by atoms with E-state index in [4.69, 9.17) is 14.7 Å². The number of fused-ring (bicyclic) bond motifs is 7. The highest BCUT2D eigenvalue weighted by molar-refractivity contribution is 6.05. The Morgan fingerprint density at radius 3 is 2.57 bits per heavy atom. The number of halogens is 1. The molecule has 0 radical (unpaired) electrons. The van der Waals surface area contributed by atoms with Crippen LogP contribution in [0, 0.1) is 19.3 Å². The molecule has 3 aliphatic rings. The maximum atomic E-state index is 13.7. The van der Waals surface area contributed by atoms with Crippen molar-refractivity contribution in [3.63, 3.8) is 0 Å². The normalized spacial score (nSPS) is 19.1. The fraction of sp³-hybridized carbons (Fsp3) is 0.500. The minimum atomic E-state index is -0.254. The predicted molar refractivity (Wildman–Crippen MR) is 180 cm³/mol. The topological polar surface area (TPSA) is 88.4 Å². The summed E-state index contributed by atoms with van der Waals surface area (Å²) in [4.78, 5) is 32.5. The largest absolute Gasteiger partial charge is 0.493 e. The van der Waals surface area contributed by atoms with Gasteiger partial charge >= 0.3 is 0 Å². The van der Waals surface area contributed by atoms with E-state index >= 15 is 0 Å². The molecule has 2 bridgehead atoms. The van der Waals surface area contributed by atoms with Crippen LogP contribution in [0.15, 0.2) is 42.7 Å². The monoisotopic (exact) mass is 625 g/mol. The van der Waals surface area contributed by atoms with Crippen molar-refractivity contribution in [3.05, 3.63) is 59.5 Å². The van der Waals surface area contributed by atoms with Crippen molar-refractivity contribution < 1.29 is 13.9 Å². The molecule has 1 N–H and O–H groups in total. The van der Waals surface area contributed by atoms with Crippen molar-refractivity contribution in [1.29, 1.82) is 0 Å². The molecule has 0 unspecified atom stereocenters. The van der Waals surface area contributed by atoms with E-state index in [9.17, 15) is 9.18 Å². The lowest BCUT2D eigenvalue weighted by molar-refractivity contribution is 0.0764. The van der Waals surface area contributed by atoms with Gasteiger partial charge < -0.3 is 19.1 Å². The summed E-state index contributed by atoms with van der Waals surface area (Å²) in [5.41, 5.74) is 7.45. The Kier molecular flexibility index (Phi) is 8.64. The number of pyridine rings is 2. The number of carbonyl (C=O) groups excluding carboxylic acids is 1. The maximum absolute atomic E-state index is 13.7. The van der Waals surface area contributed by atoms with Crippen LogP contribution >= 0.6 is 0 Å². The second kappa shape index (κ2) is 13.0. The first-order valence-electron chi connectivity index (χ1n) is 16.8. The van der Waals surface area contributed by atoms with E-state index in [1.807, 2.05) is 13.0 Å². The number of imidazole rings is 1. The highest BCUT2D eigenvalue weighted by Gasteiger charge is 2.37. The zero-order valence-electron chi connectivity index (χ0n) is 27.0. The van der Waals surface area contributed by atoms with E-state index < -0.39 is 0 Å². The number of piperidine rings is 2. The van der Waals surface area contributed by atoms with Crippen molar-refractivity contribution in [2.24, 2.45) is 5.41 Å². The SMILES string of the molecule is Cc1cc2cc(n1)-c1cnccc1OCCCCCn1c(nc3cc(C)c(N4CCC5(CCN(CCF)CC5)CC4)cc31)NC2=O. The molecule has 3 aromatic heterocycles. The lowest BCUT2D eigenvalue weighted by atomic mass is 9.71. The summed E-state index contributed by atoms with van der Waals surface area (Å²) in [6, 6.07) is 9.91. The van der Waals surface area contributed by atoms with Crippen molar-refractivity contribution in [3.8, 4) is 17.0 Å². The summed E-state index contributed by atoms with van der Waals surface area (Å²) in [6.07, 6.45) is 11.0. The van der Waals surface area contributed by atoms with Crippen molar-refractivity contribution in [1.82, 2.24) is 24.4 Å². The third kappa shape index (κ3) is 6.19. The van der Waals surface area contributed by atoms with Gasteiger partial charge in [0.2, 0.25) is 5.95 Å². The smallest absolute Gasteiger partial charge is 0.258 e. The lowest BCUT2D eigenvalue weighted by Gasteiger charge is -2.47. The fourth-order valence-corrected chi connectivity index (χ4v) is 7.56. The Balaban J connectivity index is 1.17. The number of aryl methyl sites for hydroxylation is 3.